The minimum Gasteiger partial charge on any atom is -0.271 e. The topological polar surface area (TPSA) is 38.0 Å². The van der Waals surface area contributed by atoms with Crippen LogP contribution in [0.15, 0.2) is 0 Å². The summed E-state index contributed by atoms with van der Waals surface area (Å²) >= 11 is 0. The van der Waals surface area contributed by atoms with Crippen LogP contribution in [0.4, 0.5) is 0 Å². The fraction of sp³-hybridized carbons (Fsp3) is 1.00. The lowest BCUT2D eigenvalue weighted by atomic mass is 9.75. The van der Waals surface area contributed by atoms with Crippen molar-refractivity contribution in [3.05, 3.63) is 0 Å². The van der Waals surface area contributed by atoms with Crippen molar-refractivity contribution in [2.75, 3.05) is 0 Å². The lowest BCUT2D eigenvalue weighted by Crippen LogP contribution is -2.45. The smallest absolute Gasteiger partial charge is 0.0246 e. The first-order valence-electron chi connectivity index (χ1n) is 5.93. The van der Waals surface area contributed by atoms with Gasteiger partial charge < -0.3 is 0 Å². The number of rotatable bonds is 4. The van der Waals surface area contributed by atoms with Crippen LogP contribution in [0.3, 0.4) is 0 Å². The zero-order chi connectivity index (χ0) is 10.8. The summed E-state index contributed by atoms with van der Waals surface area (Å²) in [5.41, 5.74) is 3.51. The standard InChI is InChI=1S/C12H26N2/c1-9(2)8-11(14-13)10-6-5-7-12(10,3)4/h9-11,14H,5-8,13H2,1-4H3. The third-order valence-electron chi connectivity index (χ3n) is 3.77. The van der Waals surface area contributed by atoms with Crippen LogP contribution in [0, 0.1) is 17.3 Å². The van der Waals surface area contributed by atoms with E-state index < -0.39 is 0 Å². The van der Waals surface area contributed by atoms with Gasteiger partial charge in [-0.2, -0.15) is 0 Å². The predicted octanol–water partition coefficient (Wildman–Crippen LogP) is 2.69. The van der Waals surface area contributed by atoms with Crippen molar-refractivity contribution in [2.45, 2.75) is 59.4 Å². The van der Waals surface area contributed by atoms with E-state index in [-0.39, 0.29) is 0 Å². The van der Waals surface area contributed by atoms with E-state index in [2.05, 4.69) is 33.1 Å². The van der Waals surface area contributed by atoms with Crippen LogP contribution in [0.25, 0.3) is 0 Å². The molecule has 0 radical (unpaired) electrons. The molecule has 0 spiro atoms. The molecule has 1 rings (SSSR count). The summed E-state index contributed by atoms with van der Waals surface area (Å²) in [4.78, 5) is 0. The minimum atomic E-state index is 0.478. The second kappa shape index (κ2) is 4.63. The van der Waals surface area contributed by atoms with Gasteiger partial charge in [0.1, 0.15) is 0 Å². The molecule has 1 aliphatic rings. The molecule has 3 N–H and O–H groups in total. The molecule has 1 saturated carbocycles. The van der Waals surface area contributed by atoms with Crippen molar-refractivity contribution in [1.29, 1.82) is 0 Å². The molecule has 2 unspecified atom stereocenters. The van der Waals surface area contributed by atoms with Crippen molar-refractivity contribution in [1.82, 2.24) is 5.43 Å². The van der Waals surface area contributed by atoms with Gasteiger partial charge in [0, 0.05) is 6.04 Å². The number of hydrogen-bond donors (Lipinski definition) is 2. The zero-order valence-corrected chi connectivity index (χ0v) is 10.1. The highest BCUT2D eigenvalue weighted by atomic mass is 15.2. The summed E-state index contributed by atoms with van der Waals surface area (Å²) in [6.45, 7) is 9.31. The van der Waals surface area contributed by atoms with Gasteiger partial charge in [0.05, 0.1) is 0 Å². The van der Waals surface area contributed by atoms with Crippen LogP contribution in [-0.4, -0.2) is 6.04 Å². The van der Waals surface area contributed by atoms with Gasteiger partial charge >= 0.3 is 0 Å². The fourth-order valence-corrected chi connectivity index (χ4v) is 2.96. The maximum absolute atomic E-state index is 5.67. The number of nitrogens with two attached hydrogens (primary N) is 1. The zero-order valence-electron chi connectivity index (χ0n) is 10.1. The average Bonchev–Trinajstić information content (AvgIpc) is 2.41. The highest BCUT2D eigenvalue weighted by Gasteiger charge is 2.39. The van der Waals surface area contributed by atoms with Crippen LogP contribution >= 0.6 is 0 Å². The number of hydrogen-bond acceptors (Lipinski definition) is 2. The molecule has 1 fully saturated rings. The van der Waals surface area contributed by atoms with Crippen LogP contribution in [0.2, 0.25) is 0 Å². The van der Waals surface area contributed by atoms with Gasteiger partial charge in [-0.1, -0.05) is 34.1 Å². The molecule has 0 aliphatic heterocycles. The Labute approximate surface area is 88.6 Å². The second-order valence-corrected chi connectivity index (χ2v) is 5.89. The molecule has 0 amide bonds. The van der Waals surface area contributed by atoms with Crippen molar-refractivity contribution in [3.8, 4) is 0 Å². The van der Waals surface area contributed by atoms with Gasteiger partial charge in [-0.05, 0) is 36.5 Å². The Morgan fingerprint density at radius 2 is 2.07 bits per heavy atom. The monoisotopic (exact) mass is 198 g/mol. The molecule has 0 aromatic rings. The van der Waals surface area contributed by atoms with E-state index in [1.165, 1.54) is 25.7 Å². The molecule has 84 valence electrons. The maximum Gasteiger partial charge on any atom is 0.0246 e. The van der Waals surface area contributed by atoms with Gasteiger partial charge in [-0.25, -0.2) is 0 Å². The van der Waals surface area contributed by atoms with Crippen molar-refractivity contribution in [2.24, 2.45) is 23.1 Å². The highest BCUT2D eigenvalue weighted by Crippen LogP contribution is 2.45. The third kappa shape index (κ3) is 2.71. The first-order valence-corrected chi connectivity index (χ1v) is 5.93. The van der Waals surface area contributed by atoms with Crippen LogP contribution < -0.4 is 11.3 Å². The van der Waals surface area contributed by atoms with E-state index >= 15 is 0 Å². The Balaban J connectivity index is 2.59. The number of nitrogens with one attached hydrogen (secondary N) is 1. The third-order valence-corrected chi connectivity index (χ3v) is 3.77. The quantitative estimate of drug-likeness (QED) is 0.538. The molecule has 0 aromatic carbocycles. The van der Waals surface area contributed by atoms with Gasteiger partial charge in [-0.15, -0.1) is 0 Å². The van der Waals surface area contributed by atoms with E-state index in [0.29, 0.717) is 11.5 Å². The summed E-state index contributed by atoms with van der Waals surface area (Å²) in [7, 11) is 0. The average molecular weight is 198 g/mol. The molecule has 2 nitrogen and oxygen atoms in total. The molecule has 0 saturated heterocycles. The van der Waals surface area contributed by atoms with Gasteiger partial charge in [0.15, 0.2) is 0 Å². The summed E-state index contributed by atoms with van der Waals surface area (Å²) in [5, 5.41) is 0. The minimum absolute atomic E-state index is 0.478. The van der Waals surface area contributed by atoms with Crippen molar-refractivity contribution >= 4 is 0 Å². The molecule has 0 aromatic heterocycles. The van der Waals surface area contributed by atoms with E-state index in [4.69, 9.17) is 5.84 Å². The second-order valence-electron chi connectivity index (χ2n) is 5.89. The van der Waals surface area contributed by atoms with E-state index in [0.717, 1.165) is 11.8 Å². The van der Waals surface area contributed by atoms with Crippen molar-refractivity contribution in [3.63, 3.8) is 0 Å². The van der Waals surface area contributed by atoms with E-state index in [1.54, 1.807) is 0 Å². The normalized spacial score (nSPS) is 28.3. The molecule has 1 aliphatic carbocycles. The maximum atomic E-state index is 5.67. The van der Waals surface area contributed by atoms with Gasteiger partial charge in [-0.3, -0.25) is 11.3 Å². The molecule has 2 atom stereocenters. The van der Waals surface area contributed by atoms with Gasteiger partial charge in [0.2, 0.25) is 0 Å². The number of hydrazine groups is 1. The SMILES string of the molecule is CC(C)CC(NN)C1CCCC1(C)C. The first kappa shape index (κ1) is 12.0. The molecule has 0 heterocycles. The predicted molar refractivity (Wildman–Crippen MR) is 61.7 cm³/mol. The molecule has 2 heteroatoms. The largest absolute Gasteiger partial charge is 0.271 e. The van der Waals surface area contributed by atoms with E-state index in [9.17, 15) is 0 Å². The van der Waals surface area contributed by atoms with Crippen LogP contribution in [0.1, 0.15) is 53.4 Å². The Bertz CT molecular complexity index is 175. The van der Waals surface area contributed by atoms with Gasteiger partial charge in [0.25, 0.3) is 0 Å². The lowest BCUT2D eigenvalue weighted by Gasteiger charge is -2.34. The molecule has 0 bridgehead atoms. The summed E-state index contributed by atoms with van der Waals surface area (Å²) < 4.78 is 0. The summed E-state index contributed by atoms with van der Waals surface area (Å²) in [5.74, 6) is 7.16. The highest BCUT2D eigenvalue weighted by molar-refractivity contribution is 4.91. The summed E-state index contributed by atoms with van der Waals surface area (Å²) in [6, 6.07) is 0.507. The van der Waals surface area contributed by atoms with Crippen LogP contribution in [-0.2, 0) is 0 Å². The Hall–Kier alpha value is -0.0800. The molecular formula is C12H26N2. The van der Waals surface area contributed by atoms with Crippen LogP contribution in [0.5, 0.6) is 0 Å². The summed E-state index contributed by atoms with van der Waals surface area (Å²) in [6.07, 6.45) is 5.26. The Morgan fingerprint density at radius 3 is 2.43 bits per heavy atom. The lowest BCUT2D eigenvalue weighted by molar-refractivity contribution is 0.180. The van der Waals surface area contributed by atoms with Crippen molar-refractivity contribution < 1.29 is 0 Å². The van der Waals surface area contributed by atoms with E-state index in [1.807, 2.05) is 0 Å². The first-order chi connectivity index (χ1) is 6.47. The molecule has 14 heavy (non-hydrogen) atoms. The Kier molecular flexibility index (Phi) is 3.96. The fourth-order valence-electron chi connectivity index (χ4n) is 2.96. The molecular weight excluding hydrogens is 172 g/mol. The Morgan fingerprint density at radius 1 is 1.43 bits per heavy atom.